The van der Waals surface area contributed by atoms with Gasteiger partial charge in [-0.2, -0.15) is 9.97 Å². The van der Waals surface area contributed by atoms with Crippen LogP contribution in [-0.2, 0) is 10.0 Å². The summed E-state index contributed by atoms with van der Waals surface area (Å²) in [5.41, 5.74) is 0.679. The van der Waals surface area contributed by atoms with Crippen molar-refractivity contribution in [3.63, 3.8) is 0 Å². The molecule has 0 atom stereocenters. The number of ether oxygens (including phenoxy) is 2. The maximum atomic E-state index is 12.7. The monoisotopic (exact) mass is 423 g/mol. The van der Waals surface area contributed by atoms with Crippen LogP contribution in [0.5, 0.6) is 12.0 Å². The highest BCUT2D eigenvalue weighted by Crippen LogP contribution is 2.26. The van der Waals surface area contributed by atoms with Crippen molar-refractivity contribution in [3.8, 4) is 23.3 Å². The lowest BCUT2D eigenvalue weighted by molar-refractivity contribution is 0.256. The number of benzene rings is 1. The van der Waals surface area contributed by atoms with E-state index in [9.17, 15) is 13.2 Å². The van der Waals surface area contributed by atoms with Gasteiger partial charge in [-0.25, -0.2) is 17.9 Å². The van der Waals surface area contributed by atoms with Crippen LogP contribution in [0.4, 0.5) is 10.7 Å². The molecule has 2 amide bonds. The molecule has 0 aliphatic rings. The van der Waals surface area contributed by atoms with Gasteiger partial charge in [0.05, 0.1) is 19.1 Å². The van der Waals surface area contributed by atoms with E-state index in [2.05, 4.69) is 29.9 Å². The molecule has 12 nitrogen and oxygen atoms in total. The summed E-state index contributed by atoms with van der Waals surface area (Å²) in [4.78, 5) is 23.4. The summed E-state index contributed by atoms with van der Waals surface area (Å²) in [7, 11) is -1.60. The molecule has 0 fully saturated rings. The predicted molar refractivity (Wildman–Crippen MR) is 97.6 cm³/mol. The van der Waals surface area contributed by atoms with E-state index in [1.807, 2.05) is 4.72 Å². The summed E-state index contributed by atoms with van der Waals surface area (Å²) < 4.78 is 40.7. The molecule has 0 saturated heterocycles. The number of methoxy groups -OCH3 is 2. The van der Waals surface area contributed by atoms with Gasteiger partial charge in [0.2, 0.25) is 5.95 Å². The Morgan fingerprint density at radius 3 is 2.36 bits per heavy atom. The number of aromatic nitrogens is 5. The zero-order valence-electron chi connectivity index (χ0n) is 14.5. The van der Waals surface area contributed by atoms with E-state index in [1.54, 1.807) is 17.5 Å². The third-order valence-electron chi connectivity index (χ3n) is 3.22. The van der Waals surface area contributed by atoms with Gasteiger partial charge in [0.15, 0.2) is 0 Å². The Labute approximate surface area is 163 Å². The van der Waals surface area contributed by atoms with Crippen molar-refractivity contribution in [2.45, 2.75) is 4.90 Å². The Morgan fingerprint density at radius 1 is 1.07 bits per heavy atom. The first-order valence-electron chi connectivity index (χ1n) is 7.47. The summed E-state index contributed by atoms with van der Waals surface area (Å²) in [5, 5.41) is 7.66. The van der Waals surface area contributed by atoms with Crippen molar-refractivity contribution in [1.82, 2.24) is 29.3 Å². The molecule has 28 heavy (non-hydrogen) atoms. The van der Waals surface area contributed by atoms with Crippen molar-refractivity contribution in [2.75, 3.05) is 19.5 Å². The maximum Gasteiger partial charge on any atom is 0.335 e. The first kappa shape index (κ1) is 19.4. The van der Waals surface area contributed by atoms with E-state index in [0.717, 1.165) is 11.5 Å². The average Bonchev–Trinajstić information content (AvgIpc) is 3.21. The van der Waals surface area contributed by atoms with E-state index in [1.165, 1.54) is 26.4 Å². The van der Waals surface area contributed by atoms with Gasteiger partial charge in [-0.15, -0.1) is 10.1 Å². The highest BCUT2D eigenvalue weighted by Gasteiger charge is 2.23. The molecule has 14 heteroatoms. The molecule has 3 aromatic rings. The minimum absolute atomic E-state index is 0.119. The molecule has 2 aromatic heterocycles. The molecule has 0 spiro atoms. The van der Waals surface area contributed by atoms with Crippen molar-refractivity contribution in [3.05, 3.63) is 29.6 Å². The smallest absolute Gasteiger partial charge is 0.335 e. The Balaban J connectivity index is 1.83. The lowest BCUT2D eigenvalue weighted by Gasteiger charge is -2.11. The fourth-order valence-electron chi connectivity index (χ4n) is 2.08. The molecule has 0 radical (unpaired) electrons. The molecule has 0 aliphatic heterocycles. The van der Waals surface area contributed by atoms with Gasteiger partial charge in [-0.1, -0.05) is 22.7 Å². The zero-order valence-corrected chi connectivity index (χ0v) is 16.1. The number of amides is 2. The fraction of sp³-hybridized carbons (Fsp3) is 0.143. The zero-order chi connectivity index (χ0) is 20.1. The lowest BCUT2D eigenvalue weighted by atomic mass is 10.2. The van der Waals surface area contributed by atoms with Crippen LogP contribution in [0, 0.1) is 0 Å². The first-order chi connectivity index (χ1) is 13.4. The van der Waals surface area contributed by atoms with Crippen LogP contribution in [0.15, 0.2) is 34.5 Å². The number of sulfonamides is 1. The highest BCUT2D eigenvalue weighted by atomic mass is 32.2. The molecule has 0 saturated carbocycles. The standard InChI is InChI=1S/C14H13N7O5S2/c1-25-13-16-11(17-14(18-13)26-2)15-12(22)20-28(23,24)10-6-4-3-5-8(10)9-7-27-21-19-9/h3-7H,1-2H3,(H2,15,16,17,18,20,22). The second-order valence-corrected chi connectivity index (χ2v) is 7.24. The van der Waals surface area contributed by atoms with Gasteiger partial charge in [0.1, 0.15) is 5.69 Å². The van der Waals surface area contributed by atoms with Crippen LogP contribution in [0.2, 0.25) is 0 Å². The van der Waals surface area contributed by atoms with Crippen molar-refractivity contribution in [1.29, 1.82) is 0 Å². The Kier molecular flexibility index (Phi) is 5.60. The summed E-state index contributed by atoms with van der Waals surface area (Å²) in [5.74, 6) is -0.256. The van der Waals surface area contributed by atoms with Crippen LogP contribution in [-0.4, -0.2) is 53.2 Å². The van der Waals surface area contributed by atoms with Crippen molar-refractivity contribution < 1.29 is 22.7 Å². The normalized spacial score (nSPS) is 10.9. The summed E-state index contributed by atoms with van der Waals surface area (Å²) >= 11 is 1.07. The van der Waals surface area contributed by atoms with E-state index in [0.29, 0.717) is 11.3 Å². The minimum atomic E-state index is -4.23. The fourth-order valence-corrected chi connectivity index (χ4v) is 3.66. The maximum absolute atomic E-state index is 12.7. The predicted octanol–water partition coefficient (Wildman–Crippen LogP) is 0.918. The molecule has 0 unspecified atom stereocenters. The van der Waals surface area contributed by atoms with Gasteiger partial charge in [0.25, 0.3) is 10.0 Å². The van der Waals surface area contributed by atoms with Gasteiger partial charge < -0.3 is 9.47 Å². The topological polar surface area (TPSA) is 158 Å². The van der Waals surface area contributed by atoms with Crippen LogP contribution in [0.25, 0.3) is 11.3 Å². The average molecular weight is 423 g/mol. The number of nitrogens with zero attached hydrogens (tertiary/aromatic N) is 5. The lowest BCUT2D eigenvalue weighted by Crippen LogP contribution is -2.35. The molecule has 0 aliphatic carbocycles. The van der Waals surface area contributed by atoms with Gasteiger partial charge in [-0.05, 0) is 17.6 Å². The second-order valence-electron chi connectivity index (χ2n) is 4.98. The first-order valence-corrected chi connectivity index (χ1v) is 9.79. The SMILES string of the molecule is COc1nc(NC(=O)NS(=O)(=O)c2ccccc2-c2csnn2)nc(OC)n1. The number of urea groups is 1. The Hall–Kier alpha value is -3.39. The highest BCUT2D eigenvalue weighted by molar-refractivity contribution is 7.90. The van der Waals surface area contributed by atoms with Gasteiger partial charge in [0, 0.05) is 10.9 Å². The summed E-state index contributed by atoms with van der Waals surface area (Å²) in [6.07, 6.45) is 0. The number of hydrogen-bond acceptors (Lipinski definition) is 11. The van der Waals surface area contributed by atoms with Crippen molar-refractivity contribution >= 4 is 33.5 Å². The van der Waals surface area contributed by atoms with Crippen LogP contribution >= 0.6 is 11.5 Å². The van der Waals surface area contributed by atoms with E-state index in [-0.39, 0.29) is 22.9 Å². The molecule has 3 rings (SSSR count). The van der Waals surface area contributed by atoms with Crippen LogP contribution in [0.1, 0.15) is 0 Å². The van der Waals surface area contributed by atoms with E-state index in [4.69, 9.17) is 9.47 Å². The molecule has 2 N–H and O–H groups in total. The summed E-state index contributed by atoms with van der Waals surface area (Å²) in [6.45, 7) is 0. The molecular formula is C14H13N7O5S2. The molecule has 146 valence electrons. The molecular weight excluding hydrogens is 410 g/mol. The second kappa shape index (κ2) is 8.10. The molecule has 2 heterocycles. The Bertz CT molecular complexity index is 1070. The minimum Gasteiger partial charge on any atom is -0.467 e. The van der Waals surface area contributed by atoms with E-state index < -0.39 is 16.1 Å². The third kappa shape index (κ3) is 4.29. The van der Waals surface area contributed by atoms with E-state index >= 15 is 0 Å². The summed E-state index contributed by atoms with van der Waals surface area (Å²) in [6, 6.07) is 4.76. The molecule has 0 bridgehead atoms. The number of rotatable bonds is 6. The molecule has 1 aromatic carbocycles. The van der Waals surface area contributed by atoms with Gasteiger partial charge >= 0.3 is 18.1 Å². The number of anilines is 1. The van der Waals surface area contributed by atoms with Crippen LogP contribution in [0.3, 0.4) is 0 Å². The third-order valence-corrected chi connectivity index (χ3v) is 5.12. The quantitative estimate of drug-likeness (QED) is 0.584. The van der Waals surface area contributed by atoms with Crippen LogP contribution < -0.4 is 19.5 Å². The largest absolute Gasteiger partial charge is 0.467 e. The number of nitrogens with one attached hydrogen (secondary N) is 2. The number of carbonyl (C=O) groups is 1. The van der Waals surface area contributed by atoms with Crippen molar-refractivity contribution in [2.24, 2.45) is 0 Å². The number of hydrogen-bond donors (Lipinski definition) is 2. The van der Waals surface area contributed by atoms with Gasteiger partial charge in [-0.3, -0.25) is 5.32 Å². The number of carbonyl (C=O) groups excluding carboxylic acids is 1. The Morgan fingerprint density at radius 2 is 1.75 bits per heavy atom.